The number of phenols is 1. The molecule has 1 aliphatic rings. The Bertz CT molecular complexity index is 1010. The molecule has 0 amide bonds. The minimum Gasteiger partial charge on any atom is -0.504 e. The average molecular weight is 403 g/mol. The van der Waals surface area contributed by atoms with Crippen molar-refractivity contribution < 1.29 is 29.9 Å². The largest absolute Gasteiger partial charge is 0.504 e. The Morgan fingerprint density at radius 2 is 2.03 bits per heavy atom. The molecule has 0 bridgehead atoms. The van der Waals surface area contributed by atoms with E-state index in [1.165, 1.54) is 24.3 Å². The standard InChI is InChI=1S/C18H21N5O6/c1-28-11-4-9(2-3-10(11)25)5-19-16-13-17(21-7-20-16)23(8-22-13)18-15(27)14(26)12(6-24)29-18/h2-4,7-8,12,14-15,18,24-27H,5-6H2,1H3,(H,19,20,21)/t12-,14-,15-,18?/m1/s1. The summed E-state index contributed by atoms with van der Waals surface area (Å²) in [6.07, 6.45) is -1.49. The first-order valence-electron chi connectivity index (χ1n) is 8.93. The number of fused-ring (bicyclic) bond motifs is 1. The summed E-state index contributed by atoms with van der Waals surface area (Å²) in [6.45, 7) is -0.0251. The lowest BCUT2D eigenvalue weighted by Gasteiger charge is -2.16. The van der Waals surface area contributed by atoms with E-state index in [9.17, 15) is 20.4 Å². The topological polar surface area (TPSA) is 155 Å². The van der Waals surface area contributed by atoms with E-state index in [-0.39, 0.29) is 5.75 Å². The fourth-order valence-electron chi connectivity index (χ4n) is 3.30. The van der Waals surface area contributed by atoms with Crippen LogP contribution in [0.5, 0.6) is 11.5 Å². The Morgan fingerprint density at radius 3 is 2.76 bits per heavy atom. The number of benzene rings is 1. The molecule has 1 aliphatic heterocycles. The van der Waals surface area contributed by atoms with E-state index in [2.05, 4.69) is 20.3 Å². The van der Waals surface area contributed by atoms with Crippen LogP contribution in [0.2, 0.25) is 0 Å². The molecule has 11 heteroatoms. The first-order valence-corrected chi connectivity index (χ1v) is 8.93. The lowest BCUT2D eigenvalue weighted by molar-refractivity contribution is -0.0511. The van der Waals surface area contributed by atoms with E-state index in [0.717, 1.165) is 5.56 Å². The molecule has 2 aromatic heterocycles. The Balaban J connectivity index is 1.58. The van der Waals surface area contributed by atoms with Gasteiger partial charge in [-0.05, 0) is 17.7 Å². The number of aromatic nitrogens is 4. The van der Waals surface area contributed by atoms with Crippen LogP contribution in [0.15, 0.2) is 30.9 Å². The van der Waals surface area contributed by atoms with Gasteiger partial charge in [-0.15, -0.1) is 0 Å². The van der Waals surface area contributed by atoms with Crippen molar-refractivity contribution in [2.75, 3.05) is 19.0 Å². The summed E-state index contributed by atoms with van der Waals surface area (Å²) in [4.78, 5) is 12.7. The predicted octanol–water partition coefficient (Wildman–Crippen LogP) is -0.236. The van der Waals surface area contributed by atoms with Crippen molar-refractivity contribution in [3.05, 3.63) is 36.4 Å². The highest BCUT2D eigenvalue weighted by atomic mass is 16.6. The van der Waals surface area contributed by atoms with Crippen LogP contribution in [0.3, 0.4) is 0 Å². The normalized spacial score (nSPS) is 24.1. The summed E-state index contributed by atoms with van der Waals surface area (Å²) in [5, 5.41) is 42.4. The maximum Gasteiger partial charge on any atom is 0.167 e. The van der Waals surface area contributed by atoms with Gasteiger partial charge in [0.2, 0.25) is 0 Å². The summed E-state index contributed by atoms with van der Waals surface area (Å²) in [5.41, 5.74) is 1.71. The molecule has 4 rings (SSSR count). The number of imidazole rings is 1. The van der Waals surface area contributed by atoms with Gasteiger partial charge >= 0.3 is 0 Å². The van der Waals surface area contributed by atoms with Crippen LogP contribution in [0.4, 0.5) is 5.82 Å². The highest BCUT2D eigenvalue weighted by molar-refractivity contribution is 5.82. The molecule has 1 unspecified atom stereocenters. The number of nitrogens with one attached hydrogen (secondary N) is 1. The molecule has 0 radical (unpaired) electrons. The smallest absolute Gasteiger partial charge is 0.167 e. The zero-order chi connectivity index (χ0) is 20.5. The van der Waals surface area contributed by atoms with Crippen LogP contribution >= 0.6 is 0 Å². The molecule has 4 atom stereocenters. The third kappa shape index (κ3) is 3.44. The van der Waals surface area contributed by atoms with E-state index in [1.807, 2.05) is 0 Å². The molecule has 5 N–H and O–H groups in total. The number of aliphatic hydroxyl groups excluding tert-OH is 3. The lowest BCUT2D eigenvalue weighted by atomic mass is 10.1. The van der Waals surface area contributed by atoms with Gasteiger partial charge in [-0.3, -0.25) is 4.57 Å². The van der Waals surface area contributed by atoms with Gasteiger partial charge < -0.3 is 35.2 Å². The van der Waals surface area contributed by atoms with E-state index in [1.54, 1.807) is 18.2 Å². The molecule has 1 fully saturated rings. The zero-order valence-corrected chi connectivity index (χ0v) is 15.5. The molecule has 0 spiro atoms. The number of aliphatic hydroxyl groups is 3. The predicted molar refractivity (Wildman–Crippen MR) is 100 cm³/mol. The molecule has 0 saturated carbocycles. The summed E-state index contributed by atoms with van der Waals surface area (Å²) >= 11 is 0. The second kappa shape index (κ2) is 7.79. The number of ether oxygens (including phenoxy) is 2. The first kappa shape index (κ1) is 19.3. The molecule has 11 nitrogen and oxygen atoms in total. The van der Waals surface area contributed by atoms with Gasteiger partial charge in [-0.1, -0.05) is 6.07 Å². The summed E-state index contributed by atoms with van der Waals surface area (Å²) in [5.74, 6) is 0.885. The monoisotopic (exact) mass is 403 g/mol. The SMILES string of the molecule is COc1cc(CNc2ncnc3c2ncn3C2O[C@H](CO)[C@@H](O)[C@H]2O)ccc1O. The van der Waals surface area contributed by atoms with Crippen LogP contribution in [0.25, 0.3) is 11.2 Å². The van der Waals surface area contributed by atoms with Crippen LogP contribution in [0.1, 0.15) is 11.8 Å². The van der Waals surface area contributed by atoms with Crippen molar-refractivity contribution in [2.45, 2.75) is 31.1 Å². The third-order valence-electron chi connectivity index (χ3n) is 4.85. The Kier molecular flexibility index (Phi) is 5.20. The third-order valence-corrected chi connectivity index (χ3v) is 4.85. The number of hydrogen-bond donors (Lipinski definition) is 5. The molecule has 0 aliphatic carbocycles. The van der Waals surface area contributed by atoms with E-state index < -0.39 is 31.1 Å². The number of anilines is 1. The molecule has 1 saturated heterocycles. The second-order valence-corrected chi connectivity index (χ2v) is 6.63. The number of aromatic hydroxyl groups is 1. The lowest BCUT2D eigenvalue weighted by Crippen LogP contribution is -2.33. The van der Waals surface area contributed by atoms with Crippen molar-refractivity contribution in [1.82, 2.24) is 19.5 Å². The molecule has 154 valence electrons. The summed E-state index contributed by atoms with van der Waals surface area (Å²) < 4.78 is 12.2. The van der Waals surface area contributed by atoms with E-state index >= 15 is 0 Å². The van der Waals surface area contributed by atoms with Crippen LogP contribution < -0.4 is 10.1 Å². The van der Waals surface area contributed by atoms with Crippen LogP contribution in [-0.2, 0) is 11.3 Å². The molecular weight excluding hydrogens is 382 g/mol. The number of hydrogen-bond acceptors (Lipinski definition) is 10. The van der Waals surface area contributed by atoms with Gasteiger partial charge in [0.25, 0.3) is 0 Å². The quantitative estimate of drug-likeness (QED) is 0.372. The Morgan fingerprint density at radius 1 is 1.21 bits per heavy atom. The molecule has 1 aromatic carbocycles. The number of methoxy groups -OCH3 is 1. The van der Waals surface area contributed by atoms with Gasteiger partial charge in [0.05, 0.1) is 20.0 Å². The molecular formula is C18H21N5O6. The number of phenolic OH excluding ortho intramolecular Hbond substituents is 1. The van der Waals surface area contributed by atoms with Crippen LogP contribution in [0, 0.1) is 0 Å². The highest BCUT2D eigenvalue weighted by Crippen LogP contribution is 2.32. The van der Waals surface area contributed by atoms with E-state index in [4.69, 9.17) is 9.47 Å². The van der Waals surface area contributed by atoms with Gasteiger partial charge in [-0.2, -0.15) is 0 Å². The van der Waals surface area contributed by atoms with Gasteiger partial charge in [0.1, 0.15) is 24.6 Å². The van der Waals surface area contributed by atoms with Crippen molar-refractivity contribution in [2.24, 2.45) is 0 Å². The second-order valence-electron chi connectivity index (χ2n) is 6.63. The van der Waals surface area contributed by atoms with Crippen molar-refractivity contribution in [3.63, 3.8) is 0 Å². The minimum atomic E-state index is -1.24. The van der Waals surface area contributed by atoms with Crippen molar-refractivity contribution in [1.29, 1.82) is 0 Å². The maximum atomic E-state index is 10.3. The zero-order valence-electron chi connectivity index (χ0n) is 15.5. The average Bonchev–Trinajstić information content (AvgIpc) is 3.29. The Hall–Kier alpha value is -2.99. The van der Waals surface area contributed by atoms with E-state index in [0.29, 0.717) is 29.3 Å². The molecule has 29 heavy (non-hydrogen) atoms. The molecule has 3 aromatic rings. The van der Waals surface area contributed by atoms with Gasteiger partial charge in [0.15, 0.2) is 34.7 Å². The Labute approximate surface area is 165 Å². The van der Waals surface area contributed by atoms with Crippen molar-refractivity contribution >= 4 is 17.0 Å². The maximum absolute atomic E-state index is 10.3. The molecule has 3 heterocycles. The number of nitrogens with zero attached hydrogens (tertiary/aromatic N) is 4. The first-order chi connectivity index (χ1) is 14.0. The fourth-order valence-corrected chi connectivity index (χ4v) is 3.30. The summed E-state index contributed by atoms with van der Waals surface area (Å²) in [6, 6.07) is 5.00. The van der Waals surface area contributed by atoms with Crippen molar-refractivity contribution in [3.8, 4) is 11.5 Å². The van der Waals surface area contributed by atoms with Gasteiger partial charge in [-0.25, -0.2) is 15.0 Å². The fraction of sp³-hybridized carbons (Fsp3) is 0.389. The highest BCUT2D eigenvalue weighted by Gasteiger charge is 2.44. The van der Waals surface area contributed by atoms with Gasteiger partial charge in [0, 0.05) is 6.54 Å². The number of rotatable bonds is 6. The van der Waals surface area contributed by atoms with Crippen LogP contribution in [-0.4, -0.2) is 72.0 Å². The summed E-state index contributed by atoms with van der Waals surface area (Å²) in [7, 11) is 1.48. The minimum absolute atomic E-state index is 0.0536.